The molecule has 1 saturated heterocycles. The second-order valence-electron chi connectivity index (χ2n) is 5.52. The number of benzene rings is 1. The van der Waals surface area contributed by atoms with Crippen LogP contribution in [0.5, 0.6) is 0 Å². The van der Waals surface area contributed by atoms with Crippen LogP contribution in [-0.4, -0.2) is 31.7 Å². The van der Waals surface area contributed by atoms with Gasteiger partial charge in [0.15, 0.2) is 0 Å². The number of halogens is 3. The molecule has 3 rings (SSSR count). The Kier molecular flexibility index (Phi) is 6.36. The van der Waals surface area contributed by atoms with E-state index < -0.39 is 0 Å². The van der Waals surface area contributed by atoms with Crippen molar-refractivity contribution in [1.29, 1.82) is 0 Å². The van der Waals surface area contributed by atoms with Gasteiger partial charge in [0.2, 0.25) is 5.91 Å². The van der Waals surface area contributed by atoms with Crippen LogP contribution in [0.2, 0.25) is 10.0 Å². The van der Waals surface area contributed by atoms with Crippen LogP contribution in [0.4, 0.5) is 0 Å². The minimum atomic E-state index is 0. The summed E-state index contributed by atoms with van der Waals surface area (Å²) in [4.78, 5) is 12.2. The zero-order chi connectivity index (χ0) is 14.8. The highest BCUT2D eigenvalue weighted by atomic mass is 35.5. The molecule has 4 nitrogen and oxygen atoms in total. The van der Waals surface area contributed by atoms with Gasteiger partial charge in [-0.3, -0.25) is 4.79 Å². The molecule has 1 fully saturated rings. The molecule has 0 spiro atoms. The SMILES string of the molecule is Cl.O=C(CC1COCCN1)NC1CCc2c1ccc(Cl)c2Cl. The summed E-state index contributed by atoms with van der Waals surface area (Å²) >= 11 is 12.3. The van der Waals surface area contributed by atoms with E-state index in [9.17, 15) is 4.79 Å². The summed E-state index contributed by atoms with van der Waals surface area (Å²) in [5.74, 6) is 0.0434. The van der Waals surface area contributed by atoms with Gasteiger partial charge in [-0.15, -0.1) is 12.4 Å². The Bertz CT molecular complexity index is 548. The molecule has 7 heteroatoms. The second kappa shape index (κ2) is 7.84. The molecule has 0 radical (unpaired) electrons. The molecule has 1 aliphatic carbocycles. The summed E-state index contributed by atoms with van der Waals surface area (Å²) in [6.45, 7) is 2.11. The number of rotatable bonds is 3. The summed E-state index contributed by atoms with van der Waals surface area (Å²) < 4.78 is 5.36. The minimum absolute atomic E-state index is 0. The van der Waals surface area contributed by atoms with Gasteiger partial charge in [0, 0.05) is 19.0 Å². The molecule has 2 atom stereocenters. The van der Waals surface area contributed by atoms with Crippen molar-refractivity contribution < 1.29 is 9.53 Å². The van der Waals surface area contributed by atoms with E-state index in [1.165, 1.54) is 0 Å². The van der Waals surface area contributed by atoms with Gasteiger partial charge >= 0.3 is 0 Å². The lowest BCUT2D eigenvalue weighted by molar-refractivity contribution is -0.123. The molecule has 0 saturated carbocycles. The molecule has 0 bridgehead atoms. The maximum atomic E-state index is 12.2. The van der Waals surface area contributed by atoms with Gasteiger partial charge in [-0.1, -0.05) is 29.3 Å². The molecule has 122 valence electrons. The molecule has 1 amide bonds. The van der Waals surface area contributed by atoms with Crippen LogP contribution >= 0.6 is 35.6 Å². The summed E-state index contributed by atoms with van der Waals surface area (Å²) in [5.41, 5.74) is 2.15. The predicted molar refractivity (Wildman–Crippen MR) is 90.1 cm³/mol. The molecular weight excluding hydrogens is 347 g/mol. The van der Waals surface area contributed by atoms with Crippen molar-refractivity contribution in [1.82, 2.24) is 10.6 Å². The number of amides is 1. The van der Waals surface area contributed by atoms with Gasteiger partial charge in [0.1, 0.15) is 0 Å². The first kappa shape index (κ1) is 17.8. The normalized spacial score (nSPS) is 23.5. The topological polar surface area (TPSA) is 50.4 Å². The lowest BCUT2D eigenvalue weighted by Crippen LogP contribution is -2.44. The predicted octanol–water partition coefficient (Wildman–Crippen LogP) is 2.90. The van der Waals surface area contributed by atoms with Crippen molar-refractivity contribution in [2.24, 2.45) is 0 Å². The van der Waals surface area contributed by atoms with E-state index >= 15 is 0 Å². The number of morpholine rings is 1. The van der Waals surface area contributed by atoms with E-state index in [1.807, 2.05) is 6.07 Å². The monoisotopic (exact) mass is 364 g/mol. The molecule has 2 unspecified atom stereocenters. The lowest BCUT2D eigenvalue weighted by Gasteiger charge is -2.24. The molecule has 2 N–H and O–H groups in total. The second-order valence-corrected chi connectivity index (χ2v) is 6.30. The van der Waals surface area contributed by atoms with Crippen molar-refractivity contribution in [3.05, 3.63) is 33.3 Å². The summed E-state index contributed by atoms with van der Waals surface area (Å²) in [7, 11) is 0. The molecule has 1 aromatic carbocycles. The van der Waals surface area contributed by atoms with E-state index in [0.717, 1.165) is 30.5 Å². The first-order chi connectivity index (χ1) is 10.1. The summed E-state index contributed by atoms with van der Waals surface area (Å²) in [6, 6.07) is 3.90. The zero-order valence-electron chi connectivity index (χ0n) is 12.0. The fourth-order valence-electron chi connectivity index (χ4n) is 3.01. The Labute approximate surface area is 146 Å². The molecule has 1 aromatic rings. The summed E-state index contributed by atoms with van der Waals surface area (Å²) in [6.07, 6.45) is 2.16. The number of carbonyl (C=O) groups is 1. The molecule has 1 heterocycles. The van der Waals surface area contributed by atoms with Gasteiger partial charge in [-0.25, -0.2) is 0 Å². The Morgan fingerprint density at radius 1 is 1.41 bits per heavy atom. The first-order valence-corrected chi connectivity index (χ1v) is 7.98. The molecule has 0 aromatic heterocycles. The number of carbonyl (C=O) groups excluding carboxylic acids is 1. The minimum Gasteiger partial charge on any atom is -0.378 e. The van der Waals surface area contributed by atoms with E-state index in [0.29, 0.717) is 29.7 Å². The van der Waals surface area contributed by atoms with Crippen LogP contribution in [-0.2, 0) is 16.0 Å². The van der Waals surface area contributed by atoms with Crippen LogP contribution in [0.3, 0.4) is 0 Å². The zero-order valence-corrected chi connectivity index (χ0v) is 14.4. The maximum Gasteiger partial charge on any atom is 0.222 e. The van der Waals surface area contributed by atoms with Crippen LogP contribution in [0.1, 0.15) is 30.0 Å². The smallest absolute Gasteiger partial charge is 0.222 e. The highest BCUT2D eigenvalue weighted by Gasteiger charge is 2.27. The van der Waals surface area contributed by atoms with Crippen molar-refractivity contribution in [3.8, 4) is 0 Å². The maximum absolute atomic E-state index is 12.2. The van der Waals surface area contributed by atoms with Crippen molar-refractivity contribution in [2.45, 2.75) is 31.3 Å². The standard InChI is InChI=1S/C15H18Cl2N2O2.ClH/c16-12-3-1-10-11(15(12)17)2-4-13(10)19-14(20)7-9-8-21-6-5-18-9;/h1,3,9,13,18H,2,4-8H2,(H,19,20);1H. The number of ether oxygens (including phenoxy) is 1. The van der Waals surface area contributed by atoms with Gasteiger partial charge in [-0.05, 0) is 30.0 Å². The van der Waals surface area contributed by atoms with Gasteiger partial charge in [0.05, 0.1) is 29.3 Å². The fourth-order valence-corrected chi connectivity index (χ4v) is 3.45. The van der Waals surface area contributed by atoms with Crippen LogP contribution in [0.15, 0.2) is 12.1 Å². The van der Waals surface area contributed by atoms with Crippen LogP contribution in [0, 0.1) is 0 Å². The molecular formula is C15H19Cl3N2O2. The lowest BCUT2D eigenvalue weighted by atomic mass is 10.1. The number of fused-ring (bicyclic) bond motifs is 1. The largest absolute Gasteiger partial charge is 0.378 e. The van der Waals surface area contributed by atoms with Crippen molar-refractivity contribution in [2.75, 3.05) is 19.8 Å². The average Bonchev–Trinajstić information content (AvgIpc) is 2.87. The Balaban J connectivity index is 0.00000176. The number of hydrogen-bond acceptors (Lipinski definition) is 3. The fraction of sp³-hybridized carbons (Fsp3) is 0.533. The third-order valence-electron chi connectivity index (χ3n) is 4.06. The van der Waals surface area contributed by atoms with Crippen LogP contribution in [0.25, 0.3) is 0 Å². The molecule has 22 heavy (non-hydrogen) atoms. The first-order valence-electron chi connectivity index (χ1n) is 7.22. The highest BCUT2D eigenvalue weighted by molar-refractivity contribution is 6.42. The quantitative estimate of drug-likeness (QED) is 0.866. The Morgan fingerprint density at radius 2 is 2.23 bits per heavy atom. The molecule has 2 aliphatic rings. The van der Waals surface area contributed by atoms with Gasteiger partial charge in [0.25, 0.3) is 0 Å². The van der Waals surface area contributed by atoms with Gasteiger partial charge in [-0.2, -0.15) is 0 Å². The third kappa shape index (κ3) is 3.87. The Hall–Kier alpha value is -0.520. The van der Waals surface area contributed by atoms with Gasteiger partial charge < -0.3 is 15.4 Å². The van der Waals surface area contributed by atoms with E-state index in [1.54, 1.807) is 6.07 Å². The van der Waals surface area contributed by atoms with Crippen LogP contribution < -0.4 is 10.6 Å². The van der Waals surface area contributed by atoms with E-state index in [-0.39, 0.29) is 30.4 Å². The van der Waals surface area contributed by atoms with E-state index in [4.69, 9.17) is 27.9 Å². The highest BCUT2D eigenvalue weighted by Crippen LogP contribution is 2.39. The van der Waals surface area contributed by atoms with Crippen molar-refractivity contribution in [3.63, 3.8) is 0 Å². The van der Waals surface area contributed by atoms with E-state index in [2.05, 4.69) is 10.6 Å². The Morgan fingerprint density at radius 3 is 2.95 bits per heavy atom. The van der Waals surface area contributed by atoms with Crippen molar-refractivity contribution >= 4 is 41.5 Å². The molecule has 1 aliphatic heterocycles. The average molecular weight is 366 g/mol. The number of hydrogen-bond donors (Lipinski definition) is 2. The number of nitrogens with one attached hydrogen (secondary N) is 2. The summed E-state index contributed by atoms with van der Waals surface area (Å²) in [5, 5.41) is 7.57. The third-order valence-corrected chi connectivity index (χ3v) is 4.90.